The predicted molar refractivity (Wildman–Crippen MR) is 100 cm³/mol. The summed E-state index contributed by atoms with van der Waals surface area (Å²) in [5.41, 5.74) is 12.9. The summed E-state index contributed by atoms with van der Waals surface area (Å²) in [4.78, 5) is 22.4. The van der Waals surface area contributed by atoms with Gasteiger partial charge >= 0.3 is 0 Å². The summed E-state index contributed by atoms with van der Waals surface area (Å²) in [6.07, 6.45) is 0. The third kappa shape index (κ3) is 2.39. The molecule has 2 aromatic carbocycles. The van der Waals surface area contributed by atoms with E-state index in [1.165, 1.54) is 0 Å². The SMILES string of the molecule is Cc1ccc(C)c(N2CC(=O)C(c3nc4c(C)cccc4[nH]3)=C2N)c1. The summed E-state index contributed by atoms with van der Waals surface area (Å²) in [5, 5.41) is 0. The number of anilines is 1. The van der Waals surface area contributed by atoms with Crippen molar-refractivity contribution in [1.29, 1.82) is 0 Å². The van der Waals surface area contributed by atoms with Crippen molar-refractivity contribution < 1.29 is 4.79 Å². The number of hydrogen-bond donors (Lipinski definition) is 2. The van der Waals surface area contributed by atoms with Gasteiger partial charge in [-0.1, -0.05) is 24.3 Å². The molecule has 0 spiro atoms. The number of hydrogen-bond acceptors (Lipinski definition) is 4. The molecular formula is C20H20N4O. The number of nitrogens with zero attached hydrogens (tertiary/aromatic N) is 2. The first-order valence-corrected chi connectivity index (χ1v) is 8.29. The second-order valence-corrected chi connectivity index (χ2v) is 6.62. The number of rotatable bonds is 2. The second-order valence-electron chi connectivity index (χ2n) is 6.62. The molecule has 0 bridgehead atoms. The first-order chi connectivity index (χ1) is 12.0. The van der Waals surface area contributed by atoms with E-state index in [1.54, 1.807) is 0 Å². The lowest BCUT2D eigenvalue weighted by molar-refractivity contribution is -0.112. The highest BCUT2D eigenvalue weighted by molar-refractivity contribution is 6.26. The van der Waals surface area contributed by atoms with E-state index in [-0.39, 0.29) is 12.3 Å². The molecule has 1 aromatic heterocycles. The maximum absolute atomic E-state index is 12.7. The van der Waals surface area contributed by atoms with Crippen LogP contribution in [-0.2, 0) is 4.79 Å². The normalized spacial score (nSPS) is 14.8. The molecule has 0 aliphatic carbocycles. The number of benzene rings is 2. The number of carbonyl (C=O) groups excluding carboxylic acids is 1. The molecule has 25 heavy (non-hydrogen) atoms. The van der Waals surface area contributed by atoms with Gasteiger partial charge in [0.15, 0.2) is 5.78 Å². The van der Waals surface area contributed by atoms with Crippen LogP contribution in [0.25, 0.3) is 16.6 Å². The maximum Gasteiger partial charge on any atom is 0.189 e. The average Bonchev–Trinajstić information content (AvgIpc) is 3.11. The Morgan fingerprint density at radius 1 is 1.12 bits per heavy atom. The second kappa shape index (κ2) is 5.48. The van der Waals surface area contributed by atoms with Gasteiger partial charge in [0.05, 0.1) is 17.6 Å². The van der Waals surface area contributed by atoms with Gasteiger partial charge in [0.25, 0.3) is 0 Å². The van der Waals surface area contributed by atoms with Gasteiger partial charge in [0, 0.05) is 5.69 Å². The van der Waals surface area contributed by atoms with Crippen LogP contribution in [0.5, 0.6) is 0 Å². The van der Waals surface area contributed by atoms with E-state index >= 15 is 0 Å². The van der Waals surface area contributed by atoms with Crippen LogP contribution < -0.4 is 10.6 Å². The molecule has 0 atom stereocenters. The minimum absolute atomic E-state index is 0.0184. The molecule has 4 rings (SSSR count). The van der Waals surface area contributed by atoms with Gasteiger partial charge in [0.2, 0.25) is 0 Å². The van der Waals surface area contributed by atoms with Gasteiger partial charge in [-0.3, -0.25) is 4.79 Å². The minimum atomic E-state index is -0.0184. The fourth-order valence-corrected chi connectivity index (χ4v) is 3.36. The standard InChI is InChI=1S/C20H20N4O/c1-11-7-8-12(2)15(9-11)24-10-16(25)17(19(24)21)20-22-14-6-4-5-13(3)18(14)23-20/h4-9H,10,21H2,1-3H3,(H,22,23). The fraction of sp³-hybridized carbons (Fsp3) is 0.200. The molecule has 0 saturated heterocycles. The number of nitrogens with one attached hydrogen (secondary N) is 1. The van der Waals surface area contributed by atoms with Crippen LogP contribution in [0, 0.1) is 20.8 Å². The van der Waals surface area contributed by atoms with Gasteiger partial charge in [-0.2, -0.15) is 0 Å². The van der Waals surface area contributed by atoms with E-state index in [0.717, 1.165) is 33.4 Å². The highest BCUT2D eigenvalue weighted by atomic mass is 16.1. The fourth-order valence-electron chi connectivity index (χ4n) is 3.36. The number of nitrogens with two attached hydrogens (primary N) is 1. The lowest BCUT2D eigenvalue weighted by atomic mass is 10.1. The molecule has 5 heteroatoms. The average molecular weight is 332 g/mol. The van der Waals surface area contributed by atoms with E-state index in [9.17, 15) is 4.79 Å². The summed E-state index contributed by atoms with van der Waals surface area (Å²) < 4.78 is 0. The van der Waals surface area contributed by atoms with Crippen molar-refractivity contribution in [3.63, 3.8) is 0 Å². The van der Waals surface area contributed by atoms with Gasteiger partial charge in [0.1, 0.15) is 17.2 Å². The summed E-state index contributed by atoms with van der Waals surface area (Å²) >= 11 is 0. The molecule has 2 heterocycles. The number of ketones is 1. The summed E-state index contributed by atoms with van der Waals surface area (Å²) in [5.74, 6) is 0.977. The molecule has 0 fully saturated rings. The van der Waals surface area contributed by atoms with Crippen molar-refractivity contribution in [2.45, 2.75) is 20.8 Å². The largest absolute Gasteiger partial charge is 0.384 e. The summed E-state index contributed by atoms with van der Waals surface area (Å²) in [7, 11) is 0. The van der Waals surface area contributed by atoms with Gasteiger partial charge in [-0.25, -0.2) is 4.98 Å². The van der Waals surface area contributed by atoms with Crippen molar-refractivity contribution in [1.82, 2.24) is 9.97 Å². The highest BCUT2D eigenvalue weighted by Gasteiger charge is 2.32. The smallest absolute Gasteiger partial charge is 0.189 e. The van der Waals surface area contributed by atoms with E-state index in [1.807, 2.05) is 49.9 Å². The predicted octanol–water partition coefficient (Wildman–Crippen LogP) is 3.20. The molecule has 0 unspecified atom stereocenters. The molecule has 5 nitrogen and oxygen atoms in total. The van der Waals surface area contributed by atoms with Crippen molar-refractivity contribution in [3.05, 3.63) is 64.7 Å². The number of aryl methyl sites for hydroxylation is 3. The molecular weight excluding hydrogens is 312 g/mol. The number of H-pyrrole nitrogens is 1. The van der Waals surface area contributed by atoms with Crippen LogP contribution in [0.3, 0.4) is 0 Å². The topological polar surface area (TPSA) is 75.0 Å². The van der Waals surface area contributed by atoms with Crippen LogP contribution in [0.1, 0.15) is 22.5 Å². The van der Waals surface area contributed by atoms with Crippen LogP contribution >= 0.6 is 0 Å². The first-order valence-electron chi connectivity index (χ1n) is 8.29. The number of carbonyl (C=O) groups is 1. The quantitative estimate of drug-likeness (QED) is 0.756. The summed E-state index contributed by atoms with van der Waals surface area (Å²) in [6, 6.07) is 12.1. The molecule has 0 amide bonds. The minimum Gasteiger partial charge on any atom is -0.384 e. The van der Waals surface area contributed by atoms with Crippen molar-refractivity contribution in [2.75, 3.05) is 11.4 Å². The lowest BCUT2D eigenvalue weighted by Gasteiger charge is -2.21. The van der Waals surface area contributed by atoms with Crippen LogP contribution in [0.2, 0.25) is 0 Å². The Morgan fingerprint density at radius 2 is 1.92 bits per heavy atom. The molecule has 1 aliphatic rings. The molecule has 0 saturated carbocycles. The number of fused-ring (bicyclic) bond motifs is 1. The zero-order chi connectivity index (χ0) is 17.7. The Balaban J connectivity index is 1.85. The Morgan fingerprint density at radius 3 is 2.68 bits per heavy atom. The molecule has 1 aliphatic heterocycles. The molecule has 126 valence electrons. The molecule has 0 radical (unpaired) electrons. The van der Waals surface area contributed by atoms with E-state index < -0.39 is 0 Å². The van der Waals surface area contributed by atoms with E-state index in [0.29, 0.717) is 17.2 Å². The zero-order valence-corrected chi connectivity index (χ0v) is 14.6. The number of Topliss-reactive ketones (excluding diaryl/α,β-unsaturated/α-hetero) is 1. The van der Waals surface area contributed by atoms with Crippen LogP contribution in [0.4, 0.5) is 5.69 Å². The number of imidazole rings is 1. The zero-order valence-electron chi connectivity index (χ0n) is 14.6. The van der Waals surface area contributed by atoms with Gasteiger partial charge in [-0.05, 0) is 49.6 Å². The number of aromatic amines is 1. The van der Waals surface area contributed by atoms with Crippen molar-refractivity contribution in [3.8, 4) is 0 Å². The van der Waals surface area contributed by atoms with Crippen molar-refractivity contribution in [2.24, 2.45) is 5.73 Å². The number of aromatic nitrogens is 2. The third-order valence-corrected chi connectivity index (χ3v) is 4.73. The van der Waals surface area contributed by atoms with Gasteiger partial charge in [-0.15, -0.1) is 0 Å². The maximum atomic E-state index is 12.7. The summed E-state index contributed by atoms with van der Waals surface area (Å²) in [6.45, 7) is 6.30. The highest BCUT2D eigenvalue weighted by Crippen LogP contribution is 2.32. The van der Waals surface area contributed by atoms with E-state index in [4.69, 9.17) is 5.73 Å². The van der Waals surface area contributed by atoms with Crippen LogP contribution in [-0.4, -0.2) is 22.3 Å². The molecule has 3 aromatic rings. The first kappa shape index (κ1) is 15.4. The Bertz CT molecular complexity index is 1050. The monoisotopic (exact) mass is 332 g/mol. The Hall–Kier alpha value is -3.08. The third-order valence-electron chi connectivity index (χ3n) is 4.73. The Kier molecular flexibility index (Phi) is 3.39. The van der Waals surface area contributed by atoms with E-state index in [2.05, 4.69) is 22.1 Å². The number of para-hydroxylation sites is 1. The van der Waals surface area contributed by atoms with Crippen molar-refractivity contribution >= 4 is 28.1 Å². The van der Waals surface area contributed by atoms with Gasteiger partial charge < -0.3 is 15.6 Å². The lowest BCUT2D eigenvalue weighted by Crippen LogP contribution is -2.26. The molecule has 3 N–H and O–H groups in total. The Labute approximate surface area is 146 Å². The van der Waals surface area contributed by atoms with Crippen LogP contribution in [0.15, 0.2) is 42.2 Å².